The largest absolute Gasteiger partial charge is 0.468 e. The third-order valence-corrected chi connectivity index (χ3v) is 0.235. The summed E-state index contributed by atoms with van der Waals surface area (Å²) in [7, 11) is 0. The first-order chi connectivity index (χ1) is 2.41. The van der Waals surface area contributed by atoms with Gasteiger partial charge in [0.2, 0.25) is 0 Å². The lowest BCUT2D eigenvalue weighted by atomic mass is 10.9. The molecule has 0 aromatic heterocycles. The molecule has 0 aromatic carbocycles. The Morgan fingerprint density at radius 3 is 2.60 bits per heavy atom. The van der Waals surface area contributed by atoms with Crippen LogP contribution in [-0.2, 0) is 9.53 Å². The van der Waals surface area contributed by atoms with Crippen molar-refractivity contribution in [1.82, 2.24) is 0 Å². The van der Waals surface area contributed by atoms with Crippen molar-refractivity contribution < 1.29 is 9.53 Å². The Labute approximate surface area is 30.7 Å². The van der Waals surface area contributed by atoms with Gasteiger partial charge < -0.3 is 4.74 Å². The smallest absolute Gasteiger partial charge is 0.293 e. The molecular formula is C3H6O2. The van der Waals surface area contributed by atoms with Gasteiger partial charge in [0, 0.05) is 0 Å². The van der Waals surface area contributed by atoms with E-state index < -0.39 is 0 Å². The first kappa shape index (κ1) is 4.47. The lowest BCUT2D eigenvalue weighted by molar-refractivity contribution is -0.128. The maximum Gasteiger partial charge on any atom is 0.293 e. The van der Waals surface area contributed by atoms with Crippen molar-refractivity contribution >= 4 is 6.47 Å². The van der Waals surface area contributed by atoms with Crippen molar-refractivity contribution in [3.05, 3.63) is 0 Å². The van der Waals surface area contributed by atoms with Gasteiger partial charge in [0.25, 0.3) is 6.47 Å². The van der Waals surface area contributed by atoms with Gasteiger partial charge in [-0.1, -0.05) is 0 Å². The lowest BCUT2D eigenvalue weighted by Gasteiger charge is -1.79. The zero-order chi connectivity index (χ0) is 4.12. The van der Waals surface area contributed by atoms with E-state index in [1.807, 2.05) is 0 Å². The van der Waals surface area contributed by atoms with Crippen LogP contribution in [0.25, 0.3) is 0 Å². The Morgan fingerprint density at radius 2 is 2.60 bits per heavy atom. The molecule has 0 saturated carbocycles. The molecule has 0 aromatic rings. The number of ether oxygens (including phenoxy) is 1. The van der Waals surface area contributed by atoms with E-state index in [9.17, 15) is 4.79 Å². The molecule has 0 N–H and O–H groups in total. The highest BCUT2D eigenvalue weighted by atomic mass is 16.7. The highest BCUT2D eigenvalue weighted by Crippen LogP contribution is 1.55. The molecule has 0 atom stereocenters. The summed E-state index contributed by atoms with van der Waals surface area (Å²) >= 11 is 0. The van der Waals surface area contributed by atoms with Crippen LogP contribution in [0.2, 0.25) is 0 Å². The molecule has 0 aliphatic carbocycles. The van der Waals surface area contributed by atoms with Gasteiger partial charge in [-0.15, -0.1) is 0 Å². The second-order valence-electron chi connectivity index (χ2n) is 0.552. The molecule has 0 aliphatic rings. The Hall–Kier alpha value is -0.530. The Balaban J connectivity index is 2.40. The van der Waals surface area contributed by atoms with Crippen molar-refractivity contribution in [2.75, 3.05) is 6.61 Å². The summed E-state index contributed by atoms with van der Waals surface area (Å²) < 4.78 is 4.15. The van der Waals surface area contributed by atoms with Crippen LogP contribution in [-0.4, -0.2) is 13.1 Å². The van der Waals surface area contributed by atoms with Crippen LogP contribution >= 0.6 is 0 Å². The predicted octanol–water partition coefficient (Wildman–Crippen LogP) is 0.179. The quantitative estimate of drug-likeness (QED) is 0.438. The summed E-state index contributed by atoms with van der Waals surface area (Å²) in [5.41, 5.74) is 0. The monoisotopic (exact) mass is 76.0 g/mol. The third-order valence-electron chi connectivity index (χ3n) is 0.235. The van der Waals surface area contributed by atoms with E-state index in [-0.39, 0.29) is 0 Å². The highest BCUT2D eigenvalue weighted by molar-refractivity contribution is 5.36. The van der Waals surface area contributed by atoms with Crippen LogP contribution in [0.5, 0.6) is 0 Å². The van der Waals surface area contributed by atoms with E-state index in [4.69, 9.17) is 0 Å². The molecule has 2 nitrogen and oxygen atoms in total. The van der Waals surface area contributed by atoms with E-state index in [0.29, 0.717) is 13.1 Å². The zero-order valence-electron chi connectivity index (χ0n) is 3.10. The molecule has 0 aliphatic heterocycles. The van der Waals surface area contributed by atoms with E-state index >= 15 is 0 Å². The average molecular weight is 76.1 g/mol. The molecule has 0 amide bonds. The summed E-state index contributed by atoms with van der Waals surface area (Å²) in [6.07, 6.45) is 0. The van der Waals surface area contributed by atoms with Crippen LogP contribution in [0.1, 0.15) is 6.92 Å². The minimum atomic E-state index is 0.431. The van der Waals surface area contributed by atoms with E-state index in [0.717, 1.165) is 0 Å². The van der Waals surface area contributed by atoms with Gasteiger partial charge in [0.15, 0.2) is 0 Å². The number of hydrogen-bond acceptors (Lipinski definition) is 2. The predicted molar refractivity (Wildman–Crippen MR) is 17.7 cm³/mol. The standard InChI is InChI=1S/C3H6O2/c1-2-5-3-4/h3H,2H2,1H3/i3+2. The molecule has 0 unspecified atom stereocenters. The van der Waals surface area contributed by atoms with Gasteiger partial charge in [-0.05, 0) is 6.92 Å². The minimum Gasteiger partial charge on any atom is -0.468 e. The maximum absolute atomic E-state index is 9.18. The molecule has 0 spiro atoms. The maximum atomic E-state index is 9.18. The van der Waals surface area contributed by atoms with Gasteiger partial charge >= 0.3 is 0 Å². The summed E-state index contributed by atoms with van der Waals surface area (Å²) in [6.45, 7) is 2.66. The first-order valence-electron chi connectivity index (χ1n) is 1.47. The summed E-state index contributed by atoms with van der Waals surface area (Å²) in [5, 5.41) is 0. The van der Waals surface area contributed by atoms with Gasteiger partial charge in [-0.2, -0.15) is 0 Å². The van der Waals surface area contributed by atoms with Crippen molar-refractivity contribution in [2.45, 2.75) is 6.92 Å². The molecule has 0 bridgehead atoms. The van der Waals surface area contributed by atoms with Gasteiger partial charge in [-0.25, -0.2) is 0 Å². The first-order valence-corrected chi connectivity index (χ1v) is 1.47. The van der Waals surface area contributed by atoms with Gasteiger partial charge in [0.05, 0.1) is 6.61 Å². The fraction of sp³-hybridized carbons (Fsp3) is 0.667. The SMILES string of the molecule is CCO[14CH]=O. The molecule has 5 heavy (non-hydrogen) atoms. The Morgan fingerprint density at radius 1 is 2.00 bits per heavy atom. The highest BCUT2D eigenvalue weighted by Gasteiger charge is 1.60. The van der Waals surface area contributed by atoms with Crippen molar-refractivity contribution in [1.29, 1.82) is 0 Å². The fourth-order valence-corrected chi connectivity index (χ4v) is 0.0680. The second-order valence-corrected chi connectivity index (χ2v) is 0.552. The van der Waals surface area contributed by atoms with Crippen LogP contribution in [0.3, 0.4) is 0 Å². The minimum absolute atomic E-state index is 0.431. The number of hydrogen-bond donors (Lipinski definition) is 0. The topological polar surface area (TPSA) is 26.3 Å². The van der Waals surface area contributed by atoms with E-state index in [2.05, 4.69) is 4.74 Å². The summed E-state index contributed by atoms with van der Waals surface area (Å²) in [6, 6.07) is 0. The molecule has 2 heteroatoms. The van der Waals surface area contributed by atoms with E-state index in [1.165, 1.54) is 0 Å². The fourth-order valence-electron chi connectivity index (χ4n) is 0.0680. The summed E-state index contributed by atoms with van der Waals surface area (Å²) in [5.74, 6) is 0. The van der Waals surface area contributed by atoms with Crippen LogP contribution in [0.15, 0.2) is 0 Å². The number of carbonyl (C=O) groups is 1. The molecule has 0 heterocycles. The summed E-state index contributed by atoms with van der Waals surface area (Å²) in [4.78, 5) is 9.18. The Kier molecular flexibility index (Phi) is 3.10. The average Bonchev–Trinajstić information content (AvgIpc) is 1.41. The molecule has 30 valence electrons. The molecule has 0 radical (unpaired) electrons. The molecule has 0 saturated heterocycles. The number of carbonyl (C=O) groups excluding carboxylic acids is 1. The molecule has 0 rings (SSSR count). The van der Waals surface area contributed by atoms with Gasteiger partial charge in [-0.3, -0.25) is 4.79 Å². The molecular weight excluding hydrogens is 70.0 g/mol. The lowest BCUT2D eigenvalue weighted by Crippen LogP contribution is -1.80. The van der Waals surface area contributed by atoms with Crippen molar-refractivity contribution in [2.24, 2.45) is 0 Å². The van der Waals surface area contributed by atoms with Crippen molar-refractivity contribution in [3.63, 3.8) is 0 Å². The van der Waals surface area contributed by atoms with Crippen LogP contribution in [0, 0.1) is 0 Å². The van der Waals surface area contributed by atoms with Crippen LogP contribution in [0.4, 0.5) is 0 Å². The molecule has 0 fully saturated rings. The third kappa shape index (κ3) is 3.47. The van der Waals surface area contributed by atoms with Crippen molar-refractivity contribution in [3.8, 4) is 0 Å². The van der Waals surface area contributed by atoms with E-state index in [1.54, 1.807) is 6.92 Å². The van der Waals surface area contributed by atoms with Crippen LogP contribution < -0.4 is 0 Å². The number of rotatable bonds is 2. The second kappa shape index (κ2) is 3.47. The normalized spacial score (nSPS) is 6.60. The van der Waals surface area contributed by atoms with Gasteiger partial charge in [0.1, 0.15) is 0 Å². The Bertz CT molecular complexity index is 26.1. The zero-order valence-corrected chi connectivity index (χ0v) is 3.10.